The van der Waals surface area contributed by atoms with Gasteiger partial charge in [0, 0.05) is 37.8 Å². The van der Waals surface area contributed by atoms with Crippen LogP contribution in [0.25, 0.3) is 0 Å². The largest absolute Gasteiger partial charge is 0.383 e. The zero-order chi connectivity index (χ0) is 16.3. The fraction of sp³-hybridized carbons (Fsp3) is 0.353. The number of aliphatic imine (C=N–C) groups is 1. The van der Waals surface area contributed by atoms with E-state index in [1.165, 1.54) is 10.4 Å². The Hall–Kier alpha value is -2.05. The number of hydrogen-bond acceptors (Lipinski definition) is 4. The molecule has 0 bridgehead atoms. The highest BCUT2D eigenvalue weighted by Gasteiger charge is 2.00. The zero-order valence-electron chi connectivity index (χ0n) is 13.6. The van der Waals surface area contributed by atoms with Crippen LogP contribution in [0.3, 0.4) is 0 Å². The normalized spacial score (nSPS) is 11.3. The van der Waals surface area contributed by atoms with Crippen LogP contribution in [0.15, 0.2) is 46.8 Å². The number of anilines is 1. The first-order valence-electron chi connectivity index (χ1n) is 7.60. The third-order valence-corrected chi connectivity index (χ3v) is 4.16. The van der Waals surface area contributed by atoms with Gasteiger partial charge in [0.1, 0.15) is 0 Å². The van der Waals surface area contributed by atoms with Gasteiger partial charge in [0.2, 0.25) is 0 Å². The van der Waals surface area contributed by atoms with Crippen molar-refractivity contribution in [3.05, 3.63) is 52.2 Å². The SMILES string of the molecule is CN=C(NCc1ccc(NCCOC)cc1)NCc1cccs1. The molecule has 2 rings (SSSR count). The molecular weight excluding hydrogens is 308 g/mol. The number of methoxy groups -OCH3 is 1. The maximum atomic E-state index is 5.02. The summed E-state index contributed by atoms with van der Waals surface area (Å²) in [4.78, 5) is 5.53. The highest BCUT2D eigenvalue weighted by Crippen LogP contribution is 2.09. The van der Waals surface area contributed by atoms with Gasteiger partial charge >= 0.3 is 0 Å². The summed E-state index contributed by atoms with van der Waals surface area (Å²) in [7, 11) is 3.49. The average Bonchev–Trinajstić information content (AvgIpc) is 3.10. The van der Waals surface area contributed by atoms with Gasteiger partial charge in [-0.3, -0.25) is 4.99 Å². The second-order valence-corrected chi connectivity index (χ2v) is 6.01. The molecular formula is C17H24N4OS. The lowest BCUT2D eigenvalue weighted by atomic mass is 10.2. The quantitative estimate of drug-likeness (QED) is 0.395. The Kier molecular flexibility index (Phi) is 7.42. The van der Waals surface area contributed by atoms with Crippen molar-refractivity contribution in [1.29, 1.82) is 0 Å². The molecule has 2 aromatic rings. The van der Waals surface area contributed by atoms with E-state index in [0.29, 0.717) is 6.61 Å². The Morgan fingerprint density at radius 1 is 1.13 bits per heavy atom. The Balaban J connectivity index is 1.75. The van der Waals surface area contributed by atoms with E-state index in [2.05, 4.69) is 62.7 Å². The molecule has 0 fully saturated rings. The van der Waals surface area contributed by atoms with E-state index >= 15 is 0 Å². The van der Waals surface area contributed by atoms with Crippen LogP contribution in [0.2, 0.25) is 0 Å². The summed E-state index contributed by atoms with van der Waals surface area (Å²) >= 11 is 1.74. The van der Waals surface area contributed by atoms with Gasteiger partial charge in [-0.25, -0.2) is 0 Å². The molecule has 1 heterocycles. The topological polar surface area (TPSA) is 57.7 Å². The first kappa shape index (κ1) is 17.3. The standard InChI is InChI=1S/C17H24N4OS/c1-18-17(21-13-16-4-3-11-23-16)20-12-14-5-7-15(8-6-14)19-9-10-22-2/h3-8,11,19H,9-10,12-13H2,1-2H3,(H2,18,20,21). The van der Waals surface area contributed by atoms with Crippen molar-refractivity contribution < 1.29 is 4.74 Å². The number of guanidine groups is 1. The summed E-state index contributed by atoms with van der Waals surface area (Å²) in [6, 6.07) is 12.5. The zero-order valence-corrected chi connectivity index (χ0v) is 14.5. The number of rotatable bonds is 8. The summed E-state index contributed by atoms with van der Waals surface area (Å²) in [5.41, 5.74) is 2.31. The summed E-state index contributed by atoms with van der Waals surface area (Å²) < 4.78 is 5.02. The Labute approximate surface area is 141 Å². The lowest BCUT2D eigenvalue weighted by Crippen LogP contribution is -2.36. The van der Waals surface area contributed by atoms with Crippen LogP contribution in [0.4, 0.5) is 5.69 Å². The minimum Gasteiger partial charge on any atom is -0.383 e. The highest BCUT2D eigenvalue weighted by atomic mass is 32.1. The molecule has 0 radical (unpaired) electrons. The number of hydrogen-bond donors (Lipinski definition) is 3. The van der Waals surface area contributed by atoms with E-state index < -0.39 is 0 Å². The summed E-state index contributed by atoms with van der Waals surface area (Å²) in [6.07, 6.45) is 0. The molecule has 0 aliphatic rings. The van der Waals surface area contributed by atoms with Crippen molar-refractivity contribution in [1.82, 2.24) is 10.6 Å². The molecule has 3 N–H and O–H groups in total. The Morgan fingerprint density at radius 2 is 1.91 bits per heavy atom. The van der Waals surface area contributed by atoms with Crippen LogP contribution in [0, 0.1) is 0 Å². The predicted octanol–water partition coefficient (Wildman–Crippen LogP) is 2.67. The molecule has 6 heteroatoms. The molecule has 0 atom stereocenters. The van der Waals surface area contributed by atoms with Crippen LogP contribution < -0.4 is 16.0 Å². The second kappa shape index (κ2) is 9.86. The fourth-order valence-corrected chi connectivity index (χ4v) is 2.67. The molecule has 0 saturated heterocycles. The van der Waals surface area contributed by atoms with Gasteiger partial charge in [0.15, 0.2) is 5.96 Å². The van der Waals surface area contributed by atoms with Crippen molar-refractivity contribution in [3.8, 4) is 0 Å². The molecule has 23 heavy (non-hydrogen) atoms. The minimum atomic E-state index is 0.704. The molecule has 124 valence electrons. The van der Waals surface area contributed by atoms with Crippen molar-refractivity contribution in [2.45, 2.75) is 13.1 Å². The highest BCUT2D eigenvalue weighted by molar-refractivity contribution is 7.09. The third kappa shape index (κ3) is 6.30. The minimum absolute atomic E-state index is 0.704. The van der Waals surface area contributed by atoms with Gasteiger partial charge in [0.25, 0.3) is 0 Å². The molecule has 0 amide bonds. The summed E-state index contributed by atoms with van der Waals surface area (Å²) in [5, 5.41) is 12.0. The number of nitrogens with one attached hydrogen (secondary N) is 3. The van der Waals surface area contributed by atoms with Gasteiger partial charge in [-0.15, -0.1) is 11.3 Å². The van der Waals surface area contributed by atoms with E-state index in [0.717, 1.165) is 31.3 Å². The van der Waals surface area contributed by atoms with Crippen LogP contribution in [-0.4, -0.2) is 33.3 Å². The van der Waals surface area contributed by atoms with E-state index in [9.17, 15) is 0 Å². The van der Waals surface area contributed by atoms with Crippen LogP contribution in [0.1, 0.15) is 10.4 Å². The van der Waals surface area contributed by atoms with Gasteiger partial charge in [-0.2, -0.15) is 0 Å². The van der Waals surface area contributed by atoms with Crippen LogP contribution >= 0.6 is 11.3 Å². The number of benzene rings is 1. The van der Waals surface area contributed by atoms with Crippen LogP contribution in [0.5, 0.6) is 0 Å². The number of ether oxygens (including phenoxy) is 1. The molecule has 0 aliphatic heterocycles. The number of nitrogens with zero attached hydrogens (tertiary/aromatic N) is 1. The molecule has 1 aromatic heterocycles. The Morgan fingerprint density at radius 3 is 2.57 bits per heavy atom. The van der Waals surface area contributed by atoms with Crippen molar-refractivity contribution in [2.24, 2.45) is 4.99 Å². The van der Waals surface area contributed by atoms with Gasteiger partial charge < -0.3 is 20.7 Å². The summed E-state index contributed by atoms with van der Waals surface area (Å²) in [6.45, 7) is 3.05. The van der Waals surface area contributed by atoms with E-state index in [1.807, 2.05) is 0 Å². The van der Waals surface area contributed by atoms with Gasteiger partial charge in [0.05, 0.1) is 13.2 Å². The van der Waals surface area contributed by atoms with Crippen molar-refractivity contribution in [3.63, 3.8) is 0 Å². The van der Waals surface area contributed by atoms with Gasteiger partial charge in [-0.1, -0.05) is 18.2 Å². The predicted molar refractivity (Wildman–Crippen MR) is 98.2 cm³/mol. The van der Waals surface area contributed by atoms with Crippen LogP contribution in [-0.2, 0) is 17.8 Å². The molecule has 0 aliphatic carbocycles. The monoisotopic (exact) mass is 332 g/mol. The van der Waals surface area contributed by atoms with E-state index in [-0.39, 0.29) is 0 Å². The Bertz CT molecular complexity index is 581. The average molecular weight is 332 g/mol. The molecule has 1 aromatic carbocycles. The molecule has 5 nitrogen and oxygen atoms in total. The van der Waals surface area contributed by atoms with Crippen molar-refractivity contribution >= 4 is 23.0 Å². The third-order valence-electron chi connectivity index (χ3n) is 3.28. The molecule has 0 saturated carbocycles. The van der Waals surface area contributed by atoms with Crippen molar-refractivity contribution in [2.75, 3.05) is 32.6 Å². The summed E-state index contributed by atoms with van der Waals surface area (Å²) in [5.74, 6) is 0.806. The fourth-order valence-electron chi connectivity index (χ4n) is 2.03. The van der Waals surface area contributed by atoms with E-state index in [1.54, 1.807) is 25.5 Å². The first-order valence-corrected chi connectivity index (χ1v) is 8.48. The lowest BCUT2D eigenvalue weighted by Gasteiger charge is -2.12. The van der Waals surface area contributed by atoms with E-state index in [4.69, 9.17) is 4.74 Å². The second-order valence-electron chi connectivity index (χ2n) is 4.98. The maximum Gasteiger partial charge on any atom is 0.191 e. The smallest absolute Gasteiger partial charge is 0.191 e. The molecule has 0 unspecified atom stereocenters. The first-order chi connectivity index (χ1) is 11.3. The van der Waals surface area contributed by atoms with Gasteiger partial charge in [-0.05, 0) is 29.1 Å². The lowest BCUT2D eigenvalue weighted by molar-refractivity contribution is 0.211. The molecule has 0 spiro atoms. The number of thiophene rings is 1. The maximum absolute atomic E-state index is 5.02.